The van der Waals surface area contributed by atoms with Crippen LogP contribution in [0, 0.1) is 0 Å². The third kappa shape index (κ3) is 5.62. The molecule has 0 aromatic heterocycles. The van der Waals surface area contributed by atoms with E-state index >= 15 is 0 Å². The molecule has 0 bridgehead atoms. The molecule has 27 heavy (non-hydrogen) atoms. The van der Waals surface area contributed by atoms with E-state index in [0.717, 1.165) is 44.5 Å². The van der Waals surface area contributed by atoms with E-state index in [9.17, 15) is 9.59 Å². The number of hydrogen-bond acceptors (Lipinski definition) is 3. The summed E-state index contributed by atoms with van der Waals surface area (Å²) in [6.07, 6.45) is 6.72. The number of rotatable bonds is 6. The largest absolute Gasteiger partial charge is 0.372 e. The Morgan fingerprint density at radius 3 is 2.33 bits per heavy atom. The van der Waals surface area contributed by atoms with Crippen LogP contribution in [-0.4, -0.2) is 49.1 Å². The molecule has 2 heterocycles. The van der Waals surface area contributed by atoms with Crippen LogP contribution in [0.5, 0.6) is 0 Å². The lowest BCUT2D eigenvalue weighted by Gasteiger charge is -2.32. The Kier molecular flexibility index (Phi) is 6.96. The first-order chi connectivity index (χ1) is 13.2. The number of nitrogens with zero attached hydrogens (tertiary/aromatic N) is 2. The van der Waals surface area contributed by atoms with Crippen LogP contribution in [0.1, 0.15) is 51.9 Å². The van der Waals surface area contributed by atoms with Gasteiger partial charge in [0, 0.05) is 50.0 Å². The summed E-state index contributed by atoms with van der Waals surface area (Å²) < 4.78 is 0. The van der Waals surface area contributed by atoms with Crippen molar-refractivity contribution in [1.29, 1.82) is 0 Å². The standard InChI is InChI=1S/C21H32N4O2/c1-2-3-6-20(26)22-18-11-15-25(16-12-18)21(27)23-17-7-9-19(10-8-17)24-13-4-5-14-24/h7-10,18H,2-6,11-16H2,1H3,(H,22,26)(H,23,27). The molecule has 2 aliphatic rings. The molecule has 0 atom stereocenters. The molecule has 6 heteroatoms. The van der Waals surface area contributed by atoms with E-state index in [1.807, 2.05) is 17.0 Å². The van der Waals surface area contributed by atoms with E-state index in [1.165, 1.54) is 18.5 Å². The maximum atomic E-state index is 12.5. The first-order valence-corrected chi connectivity index (χ1v) is 10.4. The Morgan fingerprint density at radius 1 is 1.04 bits per heavy atom. The van der Waals surface area contributed by atoms with E-state index in [-0.39, 0.29) is 18.0 Å². The summed E-state index contributed by atoms with van der Waals surface area (Å²) in [6, 6.07) is 8.26. The van der Waals surface area contributed by atoms with Gasteiger partial charge in [0.1, 0.15) is 0 Å². The molecule has 1 aromatic rings. The second-order valence-corrected chi connectivity index (χ2v) is 7.60. The van der Waals surface area contributed by atoms with Gasteiger partial charge in [0.05, 0.1) is 0 Å². The fraction of sp³-hybridized carbons (Fsp3) is 0.619. The summed E-state index contributed by atoms with van der Waals surface area (Å²) in [4.78, 5) is 28.6. The third-order valence-electron chi connectivity index (χ3n) is 5.49. The number of amides is 3. The van der Waals surface area contributed by atoms with Crippen LogP contribution in [0.4, 0.5) is 16.2 Å². The number of carbonyl (C=O) groups is 2. The normalized spacial score (nSPS) is 17.8. The number of likely N-dealkylation sites (tertiary alicyclic amines) is 1. The molecule has 3 amide bonds. The minimum Gasteiger partial charge on any atom is -0.372 e. The number of carbonyl (C=O) groups excluding carboxylic acids is 2. The van der Waals surface area contributed by atoms with Crippen LogP contribution < -0.4 is 15.5 Å². The number of benzene rings is 1. The average molecular weight is 373 g/mol. The van der Waals surface area contributed by atoms with Gasteiger partial charge in [0.15, 0.2) is 0 Å². The molecule has 6 nitrogen and oxygen atoms in total. The first-order valence-electron chi connectivity index (χ1n) is 10.4. The SMILES string of the molecule is CCCCC(=O)NC1CCN(C(=O)Nc2ccc(N3CCCC3)cc2)CC1. The minimum atomic E-state index is -0.0558. The predicted octanol–water partition coefficient (Wildman–Crippen LogP) is 3.59. The zero-order valence-corrected chi connectivity index (χ0v) is 16.4. The Bertz CT molecular complexity index is 618. The Hall–Kier alpha value is -2.24. The molecule has 0 spiro atoms. The number of nitrogens with one attached hydrogen (secondary N) is 2. The molecular formula is C21H32N4O2. The fourth-order valence-corrected chi connectivity index (χ4v) is 3.80. The molecule has 2 N–H and O–H groups in total. The van der Waals surface area contributed by atoms with Gasteiger partial charge in [-0.2, -0.15) is 0 Å². The second-order valence-electron chi connectivity index (χ2n) is 7.60. The summed E-state index contributed by atoms with van der Waals surface area (Å²) in [5.41, 5.74) is 2.06. The zero-order valence-electron chi connectivity index (χ0n) is 16.4. The maximum absolute atomic E-state index is 12.5. The second kappa shape index (κ2) is 9.62. The zero-order chi connectivity index (χ0) is 19.1. The van der Waals surface area contributed by atoms with Crippen molar-refractivity contribution in [2.75, 3.05) is 36.4 Å². The van der Waals surface area contributed by atoms with Crippen LogP contribution in [0.3, 0.4) is 0 Å². The van der Waals surface area contributed by atoms with Gasteiger partial charge in [0.25, 0.3) is 0 Å². The summed E-state index contributed by atoms with van der Waals surface area (Å²) in [7, 11) is 0. The molecule has 3 rings (SSSR count). The van der Waals surface area contributed by atoms with Crippen molar-refractivity contribution in [1.82, 2.24) is 10.2 Å². The van der Waals surface area contributed by atoms with Crippen molar-refractivity contribution in [2.24, 2.45) is 0 Å². The quantitative estimate of drug-likeness (QED) is 0.802. The topological polar surface area (TPSA) is 64.7 Å². The van der Waals surface area contributed by atoms with Crippen molar-refractivity contribution < 1.29 is 9.59 Å². The number of urea groups is 1. The monoisotopic (exact) mass is 372 g/mol. The van der Waals surface area contributed by atoms with Crippen molar-refractivity contribution >= 4 is 23.3 Å². The summed E-state index contributed by atoms with van der Waals surface area (Å²) in [6.45, 7) is 5.68. The van der Waals surface area contributed by atoms with Crippen LogP contribution in [-0.2, 0) is 4.79 Å². The highest BCUT2D eigenvalue weighted by atomic mass is 16.2. The molecule has 1 aromatic carbocycles. The lowest BCUT2D eigenvalue weighted by molar-refractivity contribution is -0.122. The molecule has 0 unspecified atom stereocenters. The molecular weight excluding hydrogens is 340 g/mol. The van der Waals surface area contributed by atoms with Crippen LogP contribution in [0.15, 0.2) is 24.3 Å². The van der Waals surface area contributed by atoms with Gasteiger partial charge in [-0.15, -0.1) is 0 Å². The van der Waals surface area contributed by atoms with Gasteiger partial charge in [-0.25, -0.2) is 4.79 Å². The lowest BCUT2D eigenvalue weighted by atomic mass is 10.0. The third-order valence-corrected chi connectivity index (χ3v) is 5.49. The minimum absolute atomic E-state index is 0.0558. The van der Waals surface area contributed by atoms with Crippen molar-refractivity contribution in [3.8, 4) is 0 Å². The molecule has 0 saturated carbocycles. The molecule has 0 aliphatic carbocycles. The molecule has 2 fully saturated rings. The highest BCUT2D eigenvalue weighted by molar-refractivity contribution is 5.89. The Labute approximate surface area is 162 Å². The van der Waals surface area contributed by atoms with Gasteiger partial charge in [-0.1, -0.05) is 13.3 Å². The van der Waals surface area contributed by atoms with E-state index in [1.54, 1.807) is 0 Å². The van der Waals surface area contributed by atoms with Gasteiger partial charge < -0.3 is 20.4 Å². The molecule has 0 radical (unpaired) electrons. The number of piperidine rings is 1. The Balaban J connectivity index is 1.42. The summed E-state index contributed by atoms with van der Waals surface area (Å²) in [5.74, 6) is 0.137. The van der Waals surface area contributed by atoms with Crippen molar-refractivity contribution in [3.05, 3.63) is 24.3 Å². The summed E-state index contributed by atoms with van der Waals surface area (Å²) in [5, 5.41) is 6.09. The average Bonchev–Trinajstić information content (AvgIpc) is 3.22. The van der Waals surface area contributed by atoms with E-state index in [4.69, 9.17) is 0 Å². The molecule has 148 valence electrons. The van der Waals surface area contributed by atoms with Gasteiger partial charge >= 0.3 is 6.03 Å². The predicted molar refractivity (Wildman–Crippen MR) is 109 cm³/mol. The Morgan fingerprint density at radius 2 is 1.70 bits per heavy atom. The van der Waals surface area contributed by atoms with Crippen molar-refractivity contribution in [3.63, 3.8) is 0 Å². The molecule has 2 aliphatic heterocycles. The first kappa shape index (κ1) is 19.5. The molecule has 2 saturated heterocycles. The van der Waals surface area contributed by atoms with E-state index in [2.05, 4.69) is 34.6 Å². The van der Waals surface area contributed by atoms with Crippen LogP contribution in [0.2, 0.25) is 0 Å². The summed E-state index contributed by atoms with van der Waals surface area (Å²) >= 11 is 0. The van der Waals surface area contributed by atoms with Crippen LogP contribution in [0.25, 0.3) is 0 Å². The van der Waals surface area contributed by atoms with E-state index in [0.29, 0.717) is 19.5 Å². The van der Waals surface area contributed by atoms with Gasteiger partial charge in [-0.3, -0.25) is 4.79 Å². The highest BCUT2D eigenvalue weighted by Crippen LogP contribution is 2.22. The maximum Gasteiger partial charge on any atom is 0.321 e. The smallest absolute Gasteiger partial charge is 0.321 e. The number of unbranched alkanes of at least 4 members (excludes halogenated alkanes) is 1. The number of hydrogen-bond donors (Lipinski definition) is 2. The fourth-order valence-electron chi connectivity index (χ4n) is 3.80. The van der Waals surface area contributed by atoms with Crippen molar-refractivity contribution in [2.45, 2.75) is 57.9 Å². The lowest BCUT2D eigenvalue weighted by Crippen LogP contribution is -2.47. The van der Waals surface area contributed by atoms with Gasteiger partial charge in [-0.05, 0) is 56.4 Å². The van der Waals surface area contributed by atoms with E-state index < -0.39 is 0 Å². The van der Waals surface area contributed by atoms with Crippen LogP contribution >= 0.6 is 0 Å². The number of anilines is 2. The van der Waals surface area contributed by atoms with Gasteiger partial charge in [0.2, 0.25) is 5.91 Å². The highest BCUT2D eigenvalue weighted by Gasteiger charge is 2.23.